The van der Waals surface area contributed by atoms with Gasteiger partial charge in [0.25, 0.3) is 11.8 Å². The Labute approximate surface area is 121 Å². The van der Waals surface area contributed by atoms with Crippen LogP contribution in [-0.4, -0.2) is 34.7 Å². The molecule has 0 spiro atoms. The van der Waals surface area contributed by atoms with Crippen LogP contribution in [0.5, 0.6) is 0 Å². The van der Waals surface area contributed by atoms with Crippen LogP contribution >= 0.6 is 11.3 Å². The number of nitrogens with zero attached hydrogens (tertiary/aromatic N) is 1. The Kier molecular flexibility index (Phi) is 2.93. The minimum absolute atomic E-state index is 0.0693. The lowest BCUT2D eigenvalue weighted by Crippen LogP contribution is -2.65. The summed E-state index contributed by atoms with van der Waals surface area (Å²) in [5.74, 6) is -1.07. The van der Waals surface area contributed by atoms with Crippen LogP contribution in [0.4, 0.5) is 0 Å². The van der Waals surface area contributed by atoms with Crippen LogP contribution in [-0.2, 0) is 22.4 Å². The van der Waals surface area contributed by atoms with Gasteiger partial charge in [-0.2, -0.15) is 0 Å². The van der Waals surface area contributed by atoms with Crippen LogP contribution in [0.15, 0.2) is 6.07 Å². The number of thiophene rings is 1. The van der Waals surface area contributed by atoms with Crippen molar-refractivity contribution in [2.45, 2.75) is 38.6 Å². The van der Waals surface area contributed by atoms with E-state index in [1.54, 1.807) is 13.8 Å². The number of imide groups is 1. The summed E-state index contributed by atoms with van der Waals surface area (Å²) < 4.78 is 0. The van der Waals surface area contributed by atoms with E-state index in [0.29, 0.717) is 4.88 Å². The lowest BCUT2D eigenvalue weighted by Gasteiger charge is -2.39. The third-order valence-corrected chi connectivity index (χ3v) is 5.21. The maximum absolute atomic E-state index is 12.6. The molecule has 106 valence electrons. The zero-order chi connectivity index (χ0) is 14.5. The number of aryl methyl sites for hydroxylation is 2. The largest absolute Gasteiger partial charge is 0.314 e. The van der Waals surface area contributed by atoms with Crippen LogP contribution in [0.2, 0.25) is 0 Å². The number of nitrogens with one attached hydrogen (secondary N) is 1. The third-order valence-electron chi connectivity index (χ3n) is 3.99. The van der Waals surface area contributed by atoms with Crippen molar-refractivity contribution in [3.63, 3.8) is 0 Å². The highest BCUT2D eigenvalue weighted by Gasteiger charge is 2.44. The zero-order valence-corrected chi connectivity index (χ0v) is 12.3. The Morgan fingerprint density at radius 2 is 2.10 bits per heavy atom. The predicted molar refractivity (Wildman–Crippen MR) is 74.6 cm³/mol. The minimum atomic E-state index is -1.00. The van der Waals surface area contributed by atoms with Gasteiger partial charge in [0.15, 0.2) is 0 Å². The number of carbonyl (C=O) groups is 3. The van der Waals surface area contributed by atoms with Crippen molar-refractivity contribution >= 4 is 29.1 Å². The van der Waals surface area contributed by atoms with E-state index < -0.39 is 17.4 Å². The molecule has 0 bridgehead atoms. The molecule has 0 radical (unpaired) electrons. The molecule has 5 nitrogen and oxygen atoms in total. The molecule has 0 unspecified atom stereocenters. The second-order valence-electron chi connectivity index (χ2n) is 5.74. The molecule has 1 aromatic heterocycles. The highest BCUT2D eigenvalue weighted by atomic mass is 32.1. The number of hydrogen-bond acceptors (Lipinski definition) is 4. The second-order valence-corrected chi connectivity index (χ2v) is 6.88. The van der Waals surface area contributed by atoms with Crippen LogP contribution in [0.1, 0.15) is 40.4 Å². The zero-order valence-electron chi connectivity index (χ0n) is 11.5. The van der Waals surface area contributed by atoms with E-state index >= 15 is 0 Å². The van der Waals surface area contributed by atoms with Crippen molar-refractivity contribution < 1.29 is 14.4 Å². The fourth-order valence-electron chi connectivity index (χ4n) is 2.68. The maximum atomic E-state index is 12.6. The monoisotopic (exact) mass is 292 g/mol. The highest BCUT2D eigenvalue weighted by Crippen LogP contribution is 2.32. The number of rotatable bonds is 1. The molecule has 0 saturated carbocycles. The molecule has 1 N–H and O–H groups in total. The Balaban J connectivity index is 1.91. The van der Waals surface area contributed by atoms with E-state index in [1.165, 1.54) is 26.7 Å². The van der Waals surface area contributed by atoms with Gasteiger partial charge in [0.1, 0.15) is 12.1 Å². The Morgan fingerprint density at radius 1 is 1.35 bits per heavy atom. The molecular formula is C14H16N2O3S. The Bertz CT molecular complexity index is 596. The molecule has 20 heavy (non-hydrogen) atoms. The summed E-state index contributed by atoms with van der Waals surface area (Å²) in [7, 11) is 0. The summed E-state index contributed by atoms with van der Waals surface area (Å²) in [6.07, 6.45) is 3.18. The normalized spacial score (nSPS) is 20.8. The van der Waals surface area contributed by atoms with E-state index in [2.05, 4.69) is 5.32 Å². The second kappa shape index (κ2) is 4.41. The number of piperazine rings is 1. The summed E-state index contributed by atoms with van der Waals surface area (Å²) in [6, 6.07) is 1.92. The first-order chi connectivity index (χ1) is 9.39. The van der Waals surface area contributed by atoms with Crippen molar-refractivity contribution in [3.05, 3.63) is 21.4 Å². The van der Waals surface area contributed by atoms with Gasteiger partial charge < -0.3 is 4.90 Å². The molecule has 0 aromatic carbocycles. The maximum Gasteiger partial charge on any atom is 0.265 e. The van der Waals surface area contributed by atoms with Gasteiger partial charge in [0.2, 0.25) is 5.91 Å². The lowest BCUT2D eigenvalue weighted by atomic mass is 9.98. The van der Waals surface area contributed by atoms with Crippen LogP contribution in [0.25, 0.3) is 0 Å². The van der Waals surface area contributed by atoms with E-state index in [1.807, 2.05) is 6.07 Å². The molecule has 1 aliphatic heterocycles. The first-order valence-electron chi connectivity index (χ1n) is 6.67. The van der Waals surface area contributed by atoms with Crippen molar-refractivity contribution in [1.82, 2.24) is 10.2 Å². The number of hydrogen-bond donors (Lipinski definition) is 1. The summed E-state index contributed by atoms with van der Waals surface area (Å²) in [5, 5.41) is 2.28. The SMILES string of the molecule is CC1(C)C(=O)NC(=O)CN1C(=O)c1cc2c(s1)CCC2. The molecule has 1 aromatic rings. The summed E-state index contributed by atoms with van der Waals surface area (Å²) in [6.45, 7) is 3.25. The molecule has 1 aliphatic carbocycles. The standard InChI is InChI=1S/C14H16N2O3S/c1-14(2)13(19)15-11(17)7-16(14)12(18)10-6-8-4-3-5-9(8)20-10/h6H,3-5,7H2,1-2H3,(H,15,17,19). The van der Waals surface area contributed by atoms with Gasteiger partial charge in [-0.1, -0.05) is 0 Å². The molecule has 3 rings (SSSR count). The van der Waals surface area contributed by atoms with E-state index in [9.17, 15) is 14.4 Å². The van der Waals surface area contributed by atoms with Crippen LogP contribution in [0.3, 0.4) is 0 Å². The first kappa shape index (κ1) is 13.3. The summed E-state index contributed by atoms with van der Waals surface area (Å²) in [5.41, 5.74) is 0.239. The number of carbonyl (C=O) groups excluding carboxylic acids is 3. The van der Waals surface area contributed by atoms with Crippen LogP contribution < -0.4 is 5.32 Å². The summed E-state index contributed by atoms with van der Waals surface area (Å²) in [4.78, 5) is 39.3. The highest BCUT2D eigenvalue weighted by molar-refractivity contribution is 7.14. The average Bonchev–Trinajstić information content (AvgIpc) is 2.93. The van der Waals surface area contributed by atoms with E-state index in [-0.39, 0.29) is 12.5 Å². The number of amides is 3. The molecule has 0 atom stereocenters. The minimum Gasteiger partial charge on any atom is -0.314 e. The lowest BCUT2D eigenvalue weighted by molar-refractivity contribution is -0.143. The van der Waals surface area contributed by atoms with Gasteiger partial charge in [-0.3, -0.25) is 19.7 Å². The van der Waals surface area contributed by atoms with Gasteiger partial charge in [0.05, 0.1) is 4.88 Å². The van der Waals surface area contributed by atoms with E-state index in [4.69, 9.17) is 0 Å². The molecule has 2 heterocycles. The molecule has 1 fully saturated rings. The van der Waals surface area contributed by atoms with Gasteiger partial charge in [-0.25, -0.2) is 0 Å². The molecule has 3 amide bonds. The fourth-order valence-corrected chi connectivity index (χ4v) is 3.88. The Morgan fingerprint density at radius 3 is 2.80 bits per heavy atom. The topological polar surface area (TPSA) is 66.5 Å². The van der Waals surface area contributed by atoms with Crippen molar-refractivity contribution in [2.24, 2.45) is 0 Å². The molecular weight excluding hydrogens is 276 g/mol. The predicted octanol–water partition coefficient (Wildman–Crippen LogP) is 1.11. The molecule has 2 aliphatic rings. The van der Waals surface area contributed by atoms with E-state index in [0.717, 1.165) is 19.3 Å². The summed E-state index contributed by atoms with van der Waals surface area (Å²) >= 11 is 1.49. The van der Waals surface area contributed by atoms with Gasteiger partial charge in [-0.15, -0.1) is 11.3 Å². The number of fused-ring (bicyclic) bond motifs is 1. The molecule has 6 heteroatoms. The quantitative estimate of drug-likeness (QED) is 0.789. The van der Waals surface area contributed by atoms with Crippen LogP contribution in [0, 0.1) is 0 Å². The average molecular weight is 292 g/mol. The van der Waals surface area contributed by atoms with Crippen molar-refractivity contribution in [1.29, 1.82) is 0 Å². The Hall–Kier alpha value is -1.69. The van der Waals surface area contributed by atoms with Gasteiger partial charge in [-0.05, 0) is 44.7 Å². The van der Waals surface area contributed by atoms with Crippen molar-refractivity contribution in [2.75, 3.05) is 6.54 Å². The molecule has 1 saturated heterocycles. The van der Waals surface area contributed by atoms with Gasteiger partial charge in [0, 0.05) is 4.88 Å². The van der Waals surface area contributed by atoms with Gasteiger partial charge >= 0.3 is 0 Å². The smallest absolute Gasteiger partial charge is 0.265 e. The van der Waals surface area contributed by atoms with Crippen molar-refractivity contribution in [3.8, 4) is 0 Å². The third kappa shape index (κ3) is 1.95. The first-order valence-corrected chi connectivity index (χ1v) is 7.49. The fraction of sp³-hybridized carbons (Fsp3) is 0.500.